The normalized spacial score (nSPS) is 14.7. The Morgan fingerprint density at radius 3 is 2.67 bits per heavy atom. The van der Waals surface area contributed by atoms with E-state index < -0.39 is 11.7 Å². The third kappa shape index (κ3) is 7.86. The number of nitrogens with two attached hydrogens (primary N) is 2. The lowest BCUT2D eigenvalue weighted by atomic mass is 10.0. The summed E-state index contributed by atoms with van der Waals surface area (Å²) in [5, 5.41) is 5.21. The van der Waals surface area contributed by atoms with Crippen LogP contribution in [0.3, 0.4) is 0 Å². The number of anilines is 2. The highest BCUT2D eigenvalue weighted by molar-refractivity contribution is 5.94. The van der Waals surface area contributed by atoms with Crippen LogP contribution in [-0.4, -0.2) is 57.2 Å². The molecule has 2 rings (SSSR count). The van der Waals surface area contributed by atoms with Gasteiger partial charge in [0.2, 0.25) is 11.8 Å². The minimum atomic E-state index is -0.415. The van der Waals surface area contributed by atoms with E-state index in [2.05, 4.69) is 15.6 Å². The second-order valence-electron chi connectivity index (χ2n) is 7.24. The predicted molar refractivity (Wildman–Crippen MR) is 115 cm³/mol. The minimum Gasteiger partial charge on any atom is -0.378 e. The van der Waals surface area contributed by atoms with E-state index in [9.17, 15) is 14.0 Å². The maximum Gasteiger partial charge on any atom is 0.243 e. The summed E-state index contributed by atoms with van der Waals surface area (Å²) in [4.78, 5) is 30.0. The maximum atomic E-state index is 14.4. The van der Waals surface area contributed by atoms with Crippen LogP contribution in [0.25, 0.3) is 0 Å². The first-order valence-corrected chi connectivity index (χ1v) is 10.1. The zero-order chi connectivity index (χ0) is 21.9. The lowest BCUT2D eigenvalue weighted by Gasteiger charge is -2.29. The van der Waals surface area contributed by atoms with Gasteiger partial charge in [-0.3, -0.25) is 14.6 Å². The van der Waals surface area contributed by atoms with E-state index >= 15 is 0 Å². The molecule has 1 aromatic rings. The van der Waals surface area contributed by atoms with E-state index in [1.54, 1.807) is 19.1 Å². The molecule has 0 saturated carbocycles. The molecule has 1 atom stereocenters. The van der Waals surface area contributed by atoms with Gasteiger partial charge in [0.25, 0.3) is 0 Å². The van der Waals surface area contributed by atoms with Crippen molar-refractivity contribution < 1.29 is 18.7 Å². The summed E-state index contributed by atoms with van der Waals surface area (Å²) in [5.74, 6) is -1.21. The van der Waals surface area contributed by atoms with Gasteiger partial charge in [0.05, 0.1) is 25.4 Å². The molecule has 0 unspecified atom stereocenters. The molecule has 1 aliphatic rings. The molecular formula is C20H31FN6O3. The lowest BCUT2D eigenvalue weighted by Crippen LogP contribution is -2.37. The third-order valence-corrected chi connectivity index (χ3v) is 4.79. The van der Waals surface area contributed by atoms with Gasteiger partial charge < -0.3 is 31.7 Å². The van der Waals surface area contributed by atoms with Crippen molar-refractivity contribution in [2.24, 2.45) is 22.4 Å². The second-order valence-corrected chi connectivity index (χ2v) is 7.24. The molecule has 0 aromatic heterocycles. The number of hydrogen-bond donors (Lipinski definition) is 4. The van der Waals surface area contributed by atoms with Crippen LogP contribution in [0.5, 0.6) is 0 Å². The van der Waals surface area contributed by atoms with Crippen molar-refractivity contribution in [1.82, 2.24) is 5.32 Å². The summed E-state index contributed by atoms with van der Waals surface area (Å²) < 4.78 is 19.7. The van der Waals surface area contributed by atoms with Gasteiger partial charge in [-0.1, -0.05) is 13.3 Å². The number of ether oxygens (including phenoxy) is 1. The summed E-state index contributed by atoms with van der Waals surface area (Å²) in [7, 11) is 0. The average molecular weight is 423 g/mol. The largest absolute Gasteiger partial charge is 0.378 e. The predicted octanol–water partition coefficient (Wildman–Crippen LogP) is 0.797. The zero-order valence-corrected chi connectivity index (χ0v) is 17.3. The fraction of sp³-hybridized carbons (Fsp3) is 0.550. The molecule has 0 bridgehead atoms. The van der Waals surface area contributed by atoms with Gasteiger partial charge in [-0.25, -0.2) is 4.39 Å². The molecular weight excluding hydrogens is 391 g/mol. The number of carbonyl (C=O) groups is 2. The van der Waals surface area contributed by atoms with E-state index in [1.807, 2.05) is 4.90 Å². The quantitative estimate of drug-likeness (QED) is 0.250. The zero-order valence-electron chi connectivity index (χ0n) is 17.3. The molecule has 9 nitrogen and oxygen atoms in total. The smallest absolute Gasteiger partial charge is 0.243 e. The lowest BCUT2D eigenvalue weighted by molar-refractivity contribution is -0.127. The molecule has 1 aromatic carbocycles. The fourth-order valence-corrected chi connectivity index (χ4v) is 3.09. The molecule has 1 fully saturated rings. The summed E-state index contributed by atoms with van der Waals surface area (Å²) >= 11 is 0. The number of benzene rings is 1. The van der Waals surface area contributed by atoms with Crippen LogP contribution in [0.1, 0.15) is 26.2 Å². The van der Waals surface area contributed by atoms with Crippen molar-refractivity contribution >= 4 is 29.1 Å². The Hall–Kier alpha value is -2.88. The van der Waals surface area contributed by atoms with Crippen molar-refractivity contribution in [2.45, 2.75) is 26.2 Å². The number of aliphatic imine (C=N–C) groups is 1. The monoisotopic (exact) mass is 422 g/mol. The van der Waals surface area contributed by atoms with Crippen LogP contribution in [0.4, 0.5) is 15.8 Å². The molecule has 0 aliphatic carbocycles. The van der Waals surface area contributed by atoms with Crippen LogP contribution < -0.4 is 27.0 Å². The van der Waals surface area contributed by atoms with Crippen molar-refractivity contribution in [1.29, 1.82) is 0 Å². The number of guanidine groups is 1. The number of carbonyl (C=O) groups excluding carboxylic acids is 2. The van der Waals surface area contributed by atoms with Crippen molar-refractivity contribution in [3.8, 4) is 0 Å². The number of rotatable bonds is 10. The first kappa shape index (κ1) is 23.4. The Labute approximate surface area is 176 Å². The summed E-state index contributed by atoms with van der Waals surface area (Å²) in [6.45, 7) is 4.53. The van der Waals surface area contributed by atoms with Crippen LogP contribution >= 0.6 is 0 Å². The average Bonchev–Trinajstić information content (AvgIpc) is 2.72. The van der Waals surface area contributed by atoms with Gasteiger partial charge in [0.15, 0.2) is 5.96 Å². The highest BCUT2D eigenvalue weighted by Gasteiger charge is 2.17. The molecule has 6 N–H and O–H groups in total. The summed E-state index contributed by atoms with van der Waals surface area (Å²) in [5.41, 5.74) is 11.3. The van der Waals surface area contributed by atoms with Crippen molar-refractivity contribution in [2.75, 3.05) is 49.6 Å². The van der Waals surface area contributed by atoms with E-state index in [0.29, 0.717) is 50.6 Å². The summed E-state index contributed by atoms with van der Waals surface area (Å²) in [6.07, 6.45) is 2.25. The molecule has 10 heteroatoms. The number of unbranched alkanes of at least 4 members (excludes halogenated alkanes) is 1. The third-order valence-electron chi connectivity index (χ3n) is 4.79. The first-order chi connectivity index (χ1) is 14.4. The molecule has 30 heavy (non-hydrogen) atoms. The Morgan fingerprint density at radius 1 is 1.27 bits per heavy atom. The number of nitrogens with one attached hydrogen (secondary N) is 2. The topological polar surface area (TPSA) is 135 Å². The number of nitrogens with zero attached hydrogens (tertiary/aromatic N) is 2. The molecule has 0 radical (unpaired) electrons. The van der Waals surface area contributed by atoms with Crippen LogP contribution in [0, 0.1) is 11.7 Å². The molecule has 2 amide bonds. The van der Waals surface area contributed by atoms with Gasteiger partial charge >= 0.3 is 0 Å². The van der Waals surface area contributed by atoms with Gasteiger partial charge in [0, 0.05) is 31.2 Å². The fourth-order valence-electron chi connectivity index (χ4n) is 3.09. The Morgan fingerprint density at radius 2 is 2.00 bits per heavy atom. The van der Waals surface area contributed by atoms with Crippen molar-refractivity contribution in [3.05, 3.63) is 24.0 Å². The van der Waals surface area contributed by atoms with E-state index in [1.165, 1.54) is 6.07 Å². The van der Waals surface area contributed by atoms with Gasteiger partial charge in [-0.2, -0.15) is 0 Å². The molecule has 1 aliphatic heterocycles. The number of amides is 2. The standard InChI is InChI=1S/C20H31FN6O3/c1-14(4-2-3-7-24-20(22)23)19(29)25-13-18(28)26-15-5-6-17(16(21)12-15)27-8-10-30-11-9-27/h5-6,12,14H,2-4,7-11,13H2,1H3,(H,25,29)(H,26,28)(H4,22,23,24)/t14-/m0/s1. The maximum absolute atomic E-state index is 14.4. The van der Waals surface area contributed by atoms with Crippen molar-refractivity contribution in [3.63, 3.8) is 0 Å². The van der Waals surface area contributed by atoms with Gasteiger partial charge in [0.1, 0.15) is 5.82 Å². The first-order valence-electron chi connectivity index (χ1n) is 10.1. The van der Waals surface area contributed by atoms with Crippen LogP contribution in [0.2, 0.25) is 0 Å². The highest BCUT2D eigenvalue weighted by Crippen LogP contribution is 2.23. The van der Waals surface area contributed by atoms with Gasteiger partial charge in [-0.05, 0) is 31.0 Å². The molecule has 0 spiro atoms. The van der Waals surface area contributed by atoms with Gasteiger partial charge in [-0.15, -0.1) is 0 Å². The minimum absolute atomic E-state index is 0.0578. The SMILES string of the molecule is C[C@@H](CCCCN=C(N)N)C(=O)NCC(=O)Nc1ccc(N2CCOCC2)c(F)c1. The van der Waals surface area contributed by atoms with E-state index in [4.69, 9.17) is 16.2 Å². The van der Waals surface area contributed by atoms with E-state index in [0.717, 1.165) is 12.8 Å². The number of hydrogen-bond acceptors (Lipinski definition) is 5. The Kier molecular flexibility index (Phi) is 9.33. The number of morpholine rings is 1. The summed E-state index contributed by atoms with van der Waals surface area (Å²) in [6, 6.07) is 4.57. The van der Waals surface area contributed by atoms with E-state index in [-0.39, 0.29) is 24.3 Å². The van der Waals surface area contributed by atoms with Crippen LogP contribution in [0.15, 0.2) is 23.2 Å². The number of halogens is 1. The second kappa shape index (κ2) is 12.0. The molecule has 1 saturated heterocycles. The highest BCUT2D eigenvalue weighted by atomic mass is 19.1. The van der Waals surface area contributed by atoms with Crippen LogP contribution in [-0.2, 0) is 14.3 Å². The Balaban J connectivity index is 1.72. The Bertz CT molecular complexity index is 748. The molecule has 1 heterocycles. The molecule has 166 valence electrons.